The monoisotopic (exact) mass is 321 g/mol. The third-order valence-electron chi connectivity index (χ3n) is 4.94. The summed E-state index contributed by atoms with van der Waals surface area (Å²) >= 11 is 1.84. The fourth-order valence-corrected chi connectivity index (χ4v) is 5.03. The normalized spacial score (nSPS) is 25.9. The smallest absolute Gasteiger partial charge is 0.191 e. The molecule has 0 unspecified atom stereocenters. The molecule has 0 radical (unpaired) electrons. The Labute approximate surface area is 137 Å². The molecular formula is C16H27N5S. The molecule has 2 N–H and O–H groups in total. The van der Waals surface area contributed by atoms with Crippen LogP contribution in [0.2, 0.25) is 0 Å². The highest BCUT2D eigenvalue weighted by molar-refractivity contribution is 7.99. The summed E-state index contributed by atoms with van der Waals surface area (Å²) in [5.41, 5.74) is 5.75. The number of allylic oxidation sites excluding steroid dienone is 1. The van der Waals surface area contributed by atoms with Gasteiger partial charge in [0, 0.05) is 18.3 Å². The van der Waals surface area contributed by atoms with E-state index in [1.54, 1.807) is 0 Å². The van der Waals surface area contributed by atoms with Gasteiger partial charge in [0.1, 0.15) is 5.82 Å². The summed E-state index contributed by atoms with van der Waals surface area (Å²) in [7, 11) is 0. The molecule has 2 aliphatic rings. The quantitative estimate of drug-likeness (QED) is 0.643. The first-order valence-electron chi connectivity index (χ1n) is 8.43. The average molecular weight is 321 g/mol. The fourth-order valence-electron chi connectivity index (χ4n) is 3.84. The summed E-state index contributed by atoms with van der Waals surface area (Å²) in [6.07, 6.45) is 8.73. The second kappa shape index (κ2) is 7.62. The SMILES string of the molecule is C=CCn1c(CN)nnc1SC[C@@H]1CCCN2CCCC[C@H]12. The number of nitrogens with zero attached hydrogens (tertiary/aromatic N) is 4. The van der Waals surface area contributed by atoms with Gasteiger partial charge < -0.3 is 15.2 Å². The summed E-state index contributed by atoms with van der Waals surface area (Å²) in [4.78, 5) is 2.72. The third-order valence-corrected chi connectivity index (χ3v) is 6.10. The number of fused-ring (bicyclic) bond motifs is 1. The van der Waals surface area contributed by atoms with Gasteiger partial charge in [-0.15, -0.1) is 16.8 Å². The Hall–Kier alpha value is -0.850. The van der Waals surface area contributed by atoms with Gasteiger partial charge in [-0.05, 0) is 44.7 Å². The fraction of sp³-hybridized carbons (Fsp3) is 0.750. The molecule has 0 spiro atoms. The molecule has 22 heavy (non-hydrogen) atoms. The van der Waals surface area contributed by atoms with Gasteiger partial charge in [0.15, 0.2) is 5.16 Å². The van der Waals surface area contributed by atoms with Gasteiger partial charge in [-0.2, -0.15) is 0 Å². The molecule has 0 bridgehead atoms. The predicted molar refractivity (Wildman–Crippen MR) is 90.8 cm³/mol. The van der Waals surface area contributed by atoms with Crippen LogP contribution in [-0.2, 0) is 13.1 Å². The molecule has 6 heteroatoms. The summed E-state index contributed by atoms with van der Waals surface area (Å²) in [5.74, 6) is 2.78. The highest BCUT2D eigenvalue weighted by Gasteiger charge is 2.33. The van der Waals surface area contributed by atoms with E-state index in [2.05, 4.69) is 26.2 Å². The first-order valence-corrected chi connectivity index (χ1v) is 9.42. The first-order chi connectivity index (χ1) is 10.8. The Morgan fingerprint density at radius 3 is 2.91 bits per heavy atom. The maximum Gasteiger partial charge on any atom is 0.191 e. The number of rotatable bonds is 6. The van der Waals surface area contributed by atoms with Crippen molar-refractivity contribution in [1.29, 1.82) is 0 Å². The Morgan fingerprint density at radius 2 is 2.09 bits per heavy atom. The topological polar surface area (TPSA) is 60.0 Å². The van der Waals surface area contributed by atoms with Crippen molar-refractivity contribution in [2.45, 2.75) is 56.4 Å². The van der Waals surface area contributed by atoms with Gasteiger partial charge in [0.2, 0.25) is 0 Å². The van der Waals surface area contributed by atoms with E-state index in [0.29, 0.717) is 6.54 Å². The molecule has 3 rings (SSSR count). The van der Waals surface area contributed by atoms with Crippen LogP contribution in [-0.4, -0.2) is 44.5 Å². The molecule has 2 fully saturated rings. The van der Waals surface area contributed by atoms with Gasteiger partial charge >= 0.3 is 0 Å². The van der Waals surface area contributed by atoms with Crippen LogP contribution >= 0.6 is 11.8 Å². The number of nitrogens with two attached hydrogens (primary N) is 1. The molecule has 122 valence electrons. The molecule has 3 heterocycles. The van der Waals surface area contributed by atoms with Gasteiger partial charge in [0.25, 0.3) is 0 Å². The Kier molecular flexibility index (Phi) is 5.55. The van der Waals surface area contributed by atoms with Gasteiger partial charge in [0.05, 0.1) is 6.54 Å². The van der Waals surface area contributed by atoms with E-state index in [1.807, 2.05) is 17.8 Å². The zero-order valence-corrected chi connectivity index (χ0v) is 14.1. The molecule has 2 saturated heterocycles. The minimum absolute atomic E-state index is 0.432. The zero-order valence-electron chi connectivity index (χ0n) is 13.3. The largest absolute Gasteiger partial charge is 0.324 e. The van der Waals surface area contributed by atoms with E-state index in [-0.39, 0.29) is 0 Å². The molecule has 2 aliphatic heterocycles. The van der Waals surface area contributed by atoms with Gasteiger partial charge in [-0.1, -0.05) is 24.3 Å². The zero-order chi connectivity index (χ0) is 15.4. The number of piperidine rings is 2. The van der Waals surface area contributed by atoms with Crippen LogP contribution in [0.1, 0.15) is 37.9 Å². The van der Waals surface area contributed by atoms with E-state index < -0.39 is 0 Å². The van der Waals surface area contributed by atoms with E-state index in [4.69, 9.17) is 5.73 Å². The number of thioether (sulfide) groups is 1. The molecule has 2 atom stereocenters. The van der Waals surface area contributed by atoms with Crippen molar-refractivity contribution >= 4 is 11.8 Å². The first kappa shape index (κ1) is 16.0. The lowest BCUT2D eigenvalue weighted by atomic mass is 9.85. The second-order valence-corrected chi connectivity index (χ2v) is 7.30. The molecule has 0 aromatic carbocycles. The molecule has 0 saturated carbocycles. The highest BCUT2D eigenvalue weighted by Crippen LogP contribution is 2.34. The minimum Gasteiger partial charge on any atom is -0.324 e. The van der Waals surface area contributed by atoms with Crippen LogP contribution in [0.3, 0.4) is 0 Å². The van der Waals surface area contributed by atoms with Crippen molar-refractivity contribution in [2.75, 3.05) is 18.8 Å². The molecule has 5 nitrogen and oxygen atoms in total. The summed E-state index contributed by atoms with van der Waals surface area (Å²) in [6.45, 7) is 7.60. The van der Waals surface area contributed by atoms with Crippen molar-refractivity contribution < 1.29 is 0 Å². The summed E-state index contributed by atoms with van der Waals surface area (Å²) < 4.78 is 2.10. The minimum atomic E-state index is 0.432. The standard InChI is InChI=1S/C16H27N5S/c1-2-8-21-15(11-17)18-19-16(21)22-12-13-6-5-10-20-9-4-3-7-14(13)20/h2,13-14H,1,3-12,17H2/t13-,14+/m0/s1. The van der Waals surface area contributed by atoms with Crippen LogP contribution in [0, 0.1) is 5.92 Å². The van der Waals surface area contributed by atoms with Crippen molar-refractivity contribution in [1.82, 2.24) is 19.7 Å². The lowest BCUT2D eigenvalue weighted by Gasteiger charge is -2.44. The van der Waals surface area contributed by atoms with E-state index in [0.717, 1.165) is 35.2 Å². The van der Waals surface area contributed by atoms with Gasteiger partial charge in [-0.25, -0.2) is 0 Å². The van der Waals surface area contributed by atoms with Crippen molar-refractivity contribution in [2.24, 2.45) is 11.7 Å². The van der Waals surface area contributed by atoms with E-state index in [1.165, 1.54) is 45.2 Å². The molecule has 1 aromatic rings. The van der Waals surface area contributed by atoms with Crippen LogP contribution in [0.25, 0.3) is 0 Å². The summed E-state index contributed by atoms with van der Waals surface area (Å²) in [6, 6.07) is 0.791. The highest BCUT2D eigenvalue weighted by atomic mass is 32.2. The van der Waals surface area contributed by atoms with E-state index in [9.17, 15) is 0 Å². The van der Waals surface area contributed by atoms with Crippen molar-refractivity contribution in [3.05, 3.63) is 18.5 Å². The number of hydrogen-bond donors (Lipinski definition) is 1. The molecule has 0 aliphatic carbocycles. The Balaban J connectivity index is 1.64. The maximum absolute atomic E-state index is 5.75. The second-order valence-electron chi connectivity index (χ2n) is 6.31. The van der Waals surface area contributed by atoms with E-state index >= 15 is 0 Å². The maximum atomic E-state index is 5.75. The van der Waals surface area contributed by atoms with Gasteiger partial charge in [-0.3, -0.25) is 0 Å². The van der Waals surface area contributed by atoms with Crippen LogP contribution in [0.5, 0.6) is 0 Å². The molecular weight excluding hydrogens is 294 g/mol. The number of aromatic nitrogens is 3. The third kappa shape index (κ3) is 3.39. The lowest BCUT2D eigenvalue weighted by Crippen LogP contribution is -2.48. The molecule has 1 aromatic heterocycles. The summed E-state index contributed by atoms with van der Waals surface area (Å²) in [5, 5.41) is 9.53. The lowest BCUT2D eigenvalue weighted by molar-refractivity contribution is 0.0693. The van der Waals surface area contributed by atoms with Crippen molar-refractivity contribution in [3.63, 3.8) is 0 Å². The van der Waals surface area contributed by atoms with Crippen LogP contribution in [0.4, 0.5) is 0 Å². The van der Waals surface area contributed by atoms with Crippen LogP contribution in [0.15, 0.2) is 17.8 Å². The Morgan fingerprint density at radius 1 is 1.23 bits per heavy atom. The predicted octanol–water partition coefficient (Wildman–Crippen LogP) is 2.28. The van der Waals surface area contributed by atoms with Crippen LogP contribution < -0.4 is 5.73 Å². The van der Waals surface area contributed by atoms with Crippen molar-refractivity contribution in [3.8, 4) is 0 Å². The average Bonchev–Trinajstić information content (AvgIpc) is 2.95. The number of hydrogen-bond acceptors (Lipinski definition) is 5. The molecule has 0 amide bonds. The Bertz CT molecular complexity index is 499.